The largest absolute Gasteiger partial charge is 0.480 e. The van der Waals surface area contributed by atoms with Crippen molar-refractivity contribution in [2.24, 2.45) is 28.1 Å². The number of aliphatic carboxylic acids is 1. The molecule has 2 saturated carbocycles. The van der Waals surface area contributed by atoms with Crippen LogP contribution in [0.1, 0.15) is 73.6 Å². The monoisotopic (exact) mass is 577 g/mol. The highest BCUT2D eigenvalue weighted by Gasteiger charge is 2.62. The van der Waals surface area contributed by atoms with Crippen molar-refractivity contribution in [3.8, 4) is 0 Å². The van der Waals surface area contributed by atoms with Gasteiger partial charge in [-0.15, -0.1) is 0 Å². The first kappa shape index (κ1) is 30.1. The number of carboxylic acid groups (broad SMARTS) is 1. The van der Waals surface area contributed by atoms with Gasteiger partial charge in [-0.1, -0.05) is 13.8 Å². The van der Waals surface area contributed by atoms with Gasteiger partial charge in [0.05, 0.1) is 31.3 Å². The number of carbonyl (C=O) groups excluding carboxylic acids is 3. The van der Waals surface area contributed by atoms with Gasteiger partial charge in [-0.25, -0.2) is 9.59 Å². The van der Waals surface area contributed by atoms with Crippen LogP contribution in [0.25, 0.3) is 0 Å². The van der Waals surface area contributed by atoms with Gasteiger partial charge in [0.25, 0.3) is 0 Å². The molecular formula is C30H47N3O8. The Morgan fingerprint density at radius 2 is 1.66 bits per heavy atom. The fourth-order valence-electron chi connectivity index (χ4n) is 7.13. The van der Waals surface area contributed by atoms with Gasteiger partial charge in [0.1, 0.15) is 5.60 Å². The van der Waals surface area contributed by atoms with E-state index in [2.05, 4.69) is 19.2 Å². The van der Waals surface area contributed by atoms with Crippen LogP contribution < -0.4 is 5.32 Å². The first-order valence-corrected chi connectivity index (χ1v) is 15.1. The van der Waals surface area contributed by atoms with Gasteiger partial charge in [0, 0.05) is 42.9 Å². The van der Waals surface area contributed by atoms with Gasteiger partial charge in [0.2, 0.25) is 11.8 Å². The highest BCUT2D eigenvalue weighted by molar-refractivity contribution is 5.88. The predicted molar refractivity (Wildman–Crippen MR) is 148 cm³/mol. The molecule has 4 heterocycles. The number of hydrogen-bond acceptors (Lipinski definition) is 7. The Hall–Kier alpha value is -2.40. The summed E-state index contributed by atoms with van der Waals surface area (Å²) in [6, 6.07) is -1.25. The maximum Gasteiger partial charge on any atom is 0.410 e. The molecule has 0 aromatic heterocycles. The summed E-state index contributed by atoms with van der Waals surface area (Å²) in [6.45, 7) is 13.2. The van der Waals surface area contributed by atoms with Crippen LogP contribution >= 0.6 is 0 Å². The number of nitrogens with zero attached hydrogens (tertiary/aromatic N) is 2. The van der Waals surface area contributed by atoms with Crippen LogP contribution in [0.4, 0.5) is 4.79 Å². The van der Waals surface area contributed by atoms with E-state index in [0.29, 0.717) is 32.4 Å². The second-order valence-electron chi connectivity index (χ2n) is 15.1. The van der Waals surface area contributed by atoms with Crippen molar-refractivity contribution in [2.45, 2.75) is 97.5 Å². The average Bonchev–Trinajstić information content (AvgIpc) is 3.33. The molecule has 11 heteroatoms. The van der Waals surface area contributed by atoms with E-state index in [0.717, 1.165) is 32.1 Å². The second-order valence-corrected chi connectivity index (χ2v) is 15.1. The molecule has 2 aliphatic carbocycles. The SMILES string of the molecule is C[C@@H](OCC12CCC(CC1)OC2)[C@H](NC(=O)[C@@H]1CN(C(=O)OC(C)(C)C)CC12CN(C(=O)[C@H]1CC1(C)C)C2)C(=O)O. The molecule has 4 aliphatic heterocycles. The summed E-state index contributed by atoms with van der Waals surface area (Å²) in [5.41, 5.74) is -1.47. The van der Waals surface area contributed by atoms with Crippen molar-refractivity contribution in [1.29, 1.82) is 0 Å². The predicted octanol–water partition coefficient (Wildman–Crippen LogP) is 2.66. The zero-order valence-electron chi connectivity index (χ0n) is 25.4. The molecule has 6 aliphatic rings. The lowest BCUT2D eigenvalue weighted by atomic mass is 9.70. The van der Waals surface area contributed by atoms with E-state index in [1.165, 1.54) is 4.90 Å². The third-order valence-electron chi connectivity index (χ3n) is 10.1. The molecule has 0 unspecified atom stereocenters. The summed E-state index contributed by atoms with van der Waals surface area (Å²) in [5.74, 6) is -2.24. The number of nitrogens with one attached hydrogen (secondary N) is 1. The maximum atomic E-state index is 13.8. The third-order valence-corrected chi connectivity index (χ3v) is 10.1. The molecule has 230 valence electrons. The first-order valence-electron chi connectivity index (χ1n) is 15.1. The van der Waals surface area contributed by atoms with Crippen molar-refractivity contribution in [3.05, 3.63) is 0 Å². The fraction of sp³-hybridized carbons (Fsp3) is 0.867. The summed E-state index contributed by atoms with van der Waals surface area (Å²) in [7, 11) is 0. The van der Waals surface area contributed by atoms with Gasteiger partial charge in [-0.2, -0.15) is 0 Å². The molecule has 0 radical (unpaired) electrons. The minimum Gasteiger partial charge on any atom is -0.480 e. The molecule has 4 saturated heterocycles. The van der Waals surface area contributed by atoms with E-state index >= 15 is 0 Å². The van der Waals surface area contributed by atoms with Gasteiger partial charge in [0.15, 0.2) is 6.04 Å². The molecule has 3 amide bonds. The average molecular weight is 578 g/mol. The van der Waals surface area contributed by atoms with E-state index in [9.17, 15) is 24.3 Å². The van der Waals surface area contributed by atoms with Gasteiger partial charge in [-0.05, 0) is 65.2 Å². The van der Waals surface area contributed by atoms with Crippen LogP contribution in [-0.4, -0.2) is 102 Å². The zero-order valence-corrected chi connectivity index (χ0v) is 25.4. The molecule has 1 spiro atoms. The van der Waals surface area contributed by atoms with Gasteiger partial charge >= 0.3 is 12.1 Å². The lowest BCUT2D eigenvalue weighted by Crippen LogP contribution is -2.65. The smallest absolute Gasteiger partial charge is 0.410 e. The molecular weight excluding hydrogens is 530 g/mol. The maximum absolute atomic E-state index is 13.8. The van der Waals surface area contributed by atoms with Crippen LogP contribution in [0.2, 0.25) is 0 Å². The van der Waals surface area contributed by atoms with E-state index in [1.54, 1.807) is 32.6 Å². The Bertz CT molecular complexity index is 1060. The lowest BCUT2D eigenvalue weighted by molar-refractivity contribution is -0.161. The van der Waals surface area contributed by atoms with Crippen molar-refractivity contribution in [3.63, 3.8) is 0 Å². The Kier molecular flexibility index (Phi) is 7.63. The summed E-state index contributed by atoms with van der Waals surface area (Å²) < 4.78 is 17.5. The van der Waals surface area contributed by atoms with Crippen LogP contribution in [0.15, 0.2) is 0 Å². The van der Waals surface area contributed by atoms with E-state index in [-0.39, 0.29) is 35.7 Å². The molecule has 2 N–H and O–H groups in total. The van der Waals surface area contributed by atoms with Crippen LogP contribution in [-0.2, 0) is 28.6 Å². The third kappa shape index (κ3) is 6.07. The molecule has 6 fully saturated rings. The molecule has 6 rings (SSSR count). The van der Waals surface area contributed by atoms with E-state index in [1.807, 2.05) is 0 Å². The summed E-state index contributed by atoms with van der Waals surface area (Å²) in [6.07, 6.45) is 3.86. The molecule has 41 heavy (non-hydrogen) atoms. The normalized spacial score (nSPS) is 32.7. The summed E-state index contributed by atoms with van der Waals surface area (Å²) >= 11 is 0. The standard InChI is InChI=1S/C30H47N3O8/c1-18(39-16-29-9-7-19(8-10-29)40-17-29)22(25(36)37)31-23(34)21-12-32(26(38)41-27(2,3)4)13-30(21)14-33(15-30)24(35)20-11-28(20,5)6/h18-22H,7-17H2,1-6H3,(H,31,34)(H,36,37)/t18-,19?,20-,21+,22+,29?/m1/s1. The van der Waals surface area contributed by atoms with Crippen LogP contribution in [0, 0.1) is 28.1 Å². The quantitative estimate of drug-likeness (QED) is 0.450. The minimum absolute atomic E-state index is 0.0116. The number of carboxylic acids is 1. The molecule has 0 aromatic rings. The van der Waals surface area contributed by atoms with Crippen molar-refractivity contribution in [2.75, 3.05) is 39.4 Å². The Morgan fingerprint density at radius 1 is 1.05 bits per heavy atom. The number of rotatable bonds is 8. The summed E-state index contributed by atoms with van der Waals surface area (Å²) in [4.78, 5) is 55.4. The zero-order chi connectivity index (χ0) is 30.0. The summed E-state index contributed by atoms with van der Waals surface area (Å²) in [5, 5.41) is 12.8. The van der Waals surface area contributed by atoms with Gasteiger partial charge in [-0.3, -0.25) is 9.59 Å². The minimum atomic E-state index is -1.25. The van der Waals surface area contributed by atoms with Crippen molar-refractivity contribution < 1.29 is 38.5 Å². The van der Waals surface area contributed by atoms with Crippen molar-refractivity contribution >= 4 is 23.9 Å². The number of ether oxygens (including phenoxy) is 3. The van der Waals surface area contributed by atoms with E-state index in [4.69, 9.17) is 14.2 Å². The Morgan fingerprint density at radius 3 is 2.17 bits per heavy atom. The number of fused-ring (bicyclic) bond motifs is 3. The Balaban J connectivity index is 1.26. The number of likely N-dealkylation sites (tertiary alicyclic amines) is 2. The molecule has 2 bridgehead atoms. The lowest BCUT2D eigenvalue weighted by Gasteiger charge is -2.50. The van der Waals surface area contributed by atoms with E-state index < -0.39 is 47.0 Å². The van der Waals surface area contributed by atoms with Crippen LogP contribution in [0.3, 0.4) is 0 Å². The second kappa shape index (κ2) is 10.4. The number of carbonyl (C=O) groups is 4. The number of amides is 3. The fourth-order valence-corrected chi connectivity index (χ4v) is 7.13. The molecule has 0 aromatic carbocycles. The van der Waals surface area contributed by atoms with Crippen LogP contribution in [0.5, 0.6) is 0 Å². The highest BCUT2D eigenvalue weighted by Crippen LogP contribution is 2.54. The topological polar surface area (TPSA) is 135 Å². The number of hydrogen-bond donors (Lipinski definition) is 2. The molecule has 11 nitrogen and oxygen atoms in total. The highest BCUT2D eigenvalue weighted by atomic mass is 16.6. The van der Waals surface area contributed by atoms with Crippen molar-refractivity contribution in [1.82, 2.24) is 15.1 Å². The molecule has 4 atom stereocenters. The van der Waals surface area contributed by atoms with Gasteiger partial charge < -0.3 is 34.4 Å². The first-order chi connectivity index (χ1) is 19.0. The Labute approximate surface area is 242 Å².